The van der Waals surface area contributed by atoms with E-state index in [1.807, 2.05) is 0 Å². The first-order chi connectivity index (χ1) is 6.91. The maximum absolute atomic E-state index is 13.1. The Labute approximate surface area is 92.2 Å². The number of ketones is 1. The van der Waals surface area contributed by atoms with Gasteiger partial charge in [0.05, 0.1) is 0 Å². The summed E-state index contributed by atoms with van der Waals surface area (Å²) in [7, 11) is 0. The molecule has 1 aromatic rings. The SMILES string of the molecule is CC(=O)c1cc(F)c(OC(F)F)cc1Br. The van der Waals surface area contributed by atoms with E-state index in [-0.39, 0.29) is 15.8 Å². The molecule has 0 radical (unpaired) electrons. The second-order valence-corrected chi connectivity index (χ2v) is 3.55. The fourth-order valence-corrected chi connectivity index (χ4v) is 1.59. The Morgan fingerprint density at radius 2 is 2.07 bits per heavy atom. The van der Waals surface area contributed by atoms with Crippen LogP contribution in [0.1, 0.15) is 17.3 Å². The van der Waals surface area contributed by atoms with Gasteiger partial charge < -0.3 is 4.74 Å². The van der Waals surface area contributed by atoms with Crippen LogP contribution in [-0.4, -0.2) is 12.4 Å². The molecule has 1 aromatic carbocycles. The van der Waals surface area contributed by atoms with E-state index in [9.17, 15) is 18.0 Å². The van der Waals surface area contributed by atoms with Gasteiger partial charge >= 0.3 is 6.61 Å². The number of carbonyl (C=O) groups excluding carboxylic acids is 1. The standard InChI is InChI=1S/C9H6BrF3O2/c1-4(14)5-2-7(11)8(3-6(5)10)15-9(12)13/h2-3,9H,1H3. The fraction of sp³-hybridized carbons (Fsp3) is 0.222. The van der Waals surface area contributed by atoms with Crippen molar-refractivity contribution in [2.24, 2.45) is 0 Å². The van der Waals surface area contributed by atoms with E-state index in [0.717, 1.165) is 12.1 Å². The Bertz CT molecular complexity index is 393. The molecule has 0 aromatic heterocycles. The molecule has 0 aliphatic heterocycles. The minimum absolute atomic E-state index is 0.0779. The molecule has 2 nitrogen and oxygen atoms in total. The molecule has 0 bridgehead atoms. The van der Waals surface area contributed by atoms with Crippen LogP contribution >= 0.6 is 15.9 Å². The molecule has 0 atom stereocenters. The highest BCUT2D eigenvalue weighted by atomic mass is 79.9. The number of rotatable bonds is 3. The van der Waals surface area contributed by atoms with Crippen molar-refractivity contribution in [1.29, 1.82) is 0 Å². The Morgan fingerprint density at radius 1 is 1.47 bits per heavy atom. The summed E-state index contributed by atoms with van der Waals surface area (Å²) >= 11 is 2.96. The molecule has 0 unspecified atom stereocenters. The average molecular weight is 283 g/mol. The maximum Gasteiger partial charge on any atom is 0.387 e. The Morgan fingerprint density at radius 3 is 2.53 bits per heavy atom. The van der Waals surface area contributed by atoms with Crippen molar-refractivity contribution in [2.75, 3.05) is 0 Å². The van der Waals surface area contributed by atoms with Gasteiger partial charge in [-0.1, -0.05) is 0 Å². The van der Waals surface area contributed by atoms with E-state index in [0.29, 0.717) is 0 Å². The molecule has 0 amide bonds. The molecule has 1 rings (SSSR count). The van der Waals surface area contributed by atoms with Crippen LogP contribution in [0.5, 0.6) is 5.75 Å². The van der Waals surface area contributed by atoms with E-state index < -0.39 is 18.2 Å². The van der Waals surface area contributed by atoms with Gasteiger partial charge in [-0.2, -0.15) is 8.78 Å². The van der Waals surface area contributed by atoms with Crippen molar-refractivity contribution in [3.8, 4) is 5.75 Å². The average Bonchev–Trinajstić information content (AvgIpc) is 2.09. The van der Waals surface area contributed by atoms with Crippen LogP contribution in [0.3, 0.4) is 0 Å². The number of halogens is 4. The van der Waals surface area contributed by atoms with Crippen LogP contribution in [0.4, 0.5) is 13.2 Å². The van der Waals surface area contributed by atoms with E-state index in [1.54, 1.807) is 0 Å². The minimum atomic E-state index is -3.10. The van der Waals surface area contributed by atoms with Crippen molar-refractivity contribution in [3.05, 3.63) is 28.0 Å². The molecular formula is C9H6BrF3O2. The smallest absolute Gasteiger partial charge is 0.387 e. The maximum atomic E-state index is 13.1. The highest BCUT2D eigenvalue weighted by Gasteiger charge is 2.15. The van der Waals surface area contributed by atoms with Gasteiger partial charge in [0.15, 0.2) is 17.3 Å². The minimum Gasteiger partial charge on any atom is -0.432 e. The third-order valence-electron chi connectivity index (χ3n) is 1.62. The third-order valence-corrected chi connectivity index (χ3v) is 2.27. The van der Waals surface area contributed by atoms with Gasteiger partial charge in [-0.15, -0.1) is 0 Å². The molecule has 0 spiro atoms. The number of alkyl halides is 2. The Kier molecular flexibility index (Phi) is 3.73. The number of carbonyl (C=O) groups is 1. The molecule has 15 heavy (non-hydrogen) atoms. The first-order valence-corrected chi connectivity index (χ1v) is 4.66. The summed E-state index contributed by atoms with van der Waals surface area (Å²) in [6.45, 7) is -1.86. The number of ether oxygens (including phenoxy) is 1. The van der Waals surface area contributed by atoms with Crippen molar-refractivity contribution < 1.29 is 22.7 Å². The number of hydrogen-bond donors (Lipinski definition) is 0. The summed E-state index contributed by atoms with van der Waals surface area (Å²) in [6, 6.07) is 1.85. The zero-order valence-electron chi connectivity index (χ0n) is 7.56. The van der Waals surface area contributed by atoms with Crippen LogP contribution in [0.2, 0.25) is 0 Å². The first-order valence-electron chi connectivity index (χ1n) is 3.86. The predicted molar refractivity (Wildman–Crippen MR) is 50.7 cm³/mol. The van der Waals surface area contributed by atoms with Crippen molar-refractivity contribution in [2.45, 2.75) is 13.5 Å². The second kappa shape index (κ2) is 4.65. The van der Waals surface area contributed by atoms with Gasteiger partial charge in [-0.25, -0.2) is 4.39 Å². The number of benzene rings is 1. The molecule has 0 aliphatic rings. The monoisotopic (exact) mass is 282 g/mol. The van der Waals surface area contributed by atoms with Crippen molar-refractivity contribution in [1.82, 2.24) is 0 Å². The Hall–Kier alpha value is -1.04. The lowest BCUT2D eigenvalue weighted by Crippen LogP contribution is -2.05. The molecule has 0 heterocycles. The summed E-state index contributed by atoms with van der Waals surface area (Å²) in [5.41, 5.74) is 0.0779. The summed E-state index contributed by atoms with van der Waals surface area (Å²) in [5.74, 6) is -1.96. The molecule has 0 saturated heterocycles. The van der Waals surface area contributed by atoms with Gasteiger partial charge in [0, 0.05) is 10.0 Å². The van der Waals surface area contributed by atoms with E-state index in [4.69, 9.17) is 0 Å². The molecule has 0 N–H and O–H groups in total. The predicted octanol–water partition coefficient (Wildman–Crippen LogP) is 3.39. The van der Waals surface area contributed by atoms with Gasteiger partial charge in [0.2, 0.25) is 0 Å². The summed E-state index contributed by atoms with van der Waals surface area (Å²) in [5, 5.41) is 0. The number of hydrogen-bond acceptors (Lipinski definition) is 2. The lowest BCUT2D eigenvalue weighted by atomic mass is 10.1. The van der Waals surface area contributed by atoms with Crippen LogP contribution in [0.25, 0.3) is 0 Å². The van der Waals surface area contributed by atoms with Crippen LogP contribution < -0.4 is 4.74 Å². The van der Waals surface area contributed by atoms with Crippen molar-refractivity contribution in [3.63, 3.8) is 0 Å². The summed E-state index contributed by atoms with van der Waals surface area (Å²) in [6.07, 6.45) is 0. The fourth-order valence-electron chi connectivity index (χ4n) is 0.985. The van der Waals surface area contributed by atoms with Gasteiger partial charge in [0.1, 0.15) is 0 Å². The molecular weight excluding hydrogens is 277 g/mol. The number of Topliss-reactive ketones (excluding diaryl/α,β-unsaturated/α-hetero) is 1. The largest absolute Gasteiger partial charge is 0.432 e. The van der Waals surface area contributed by atoms with E-state index in [2.05, 4.69) is 20.7 Å². The molecule has 0 saturated carbocycles. The second-order valence-electron chi connectivity index (χ2n) is 2.70. The Balaban J connectivity index is 3.13. The zero-order valence-corrected chi connectivity index (χ0v) is 9.15. The van der Waals surface area contributed by atoms with E-state index in [1.165, 1.54) is 6.92 Å². The van der Waals surface area contributed by atoms with Gasteiger partial charge in [-0.3, -0.25) is 4.79 Å². The lowest BCUT2D eigenvalue weighted by molar-refractivity contribution is -0.0522. The van der Waals surface area contributed by atoms with Crippen molar-refractivity contribution >= 4 is 21.7 Å². The molecule has 0 aliphatic carbocycles. The van der Waals surface area contributed by atoms with Crippen LogP contribution in [-0.2, 0) is 0 Å². The topological polar surface area (TPSA) is 26.3 Å². The first kappa shape index (κ1) is 12.0. The lowest BCUT2D eigenvalue weighted by Gasteiger charge is -2.08. The summed E-state index contributed by atoms with van der Waals surface area (Å²) in [4.78, 5) is 11.0. The zero-order chi connectivity index (χ0) is 11.6. The normalized spacial score (nSPS) is 10.5. The molecule has 0 fully saturated rings. The van der Waals surface area contributed by atoms with Crippen LogP contribution in [0.15, 0.2) is 16.6 Å². The summed E-state index contributed by atoms with van der Waals surface area (Å²) < 4.78 is 40.9. The van der Waals surface area contributed by atoms with Crippen LogP contribution in [0, 0.1) is 5.82 Å². The van der Waals surface area contributed by atoms with Gasteiger partial charge in [-0.05, 0) is 35.0 Å². The quantitative estimate of drug-likeness (QED) is 0.795. The van der Waals surface area contributed by atoms with Gasteiger partial charge in [0.25, 0.3) is 0 Å². The highest BCUT2D eigenvalue weighted by Crippen LogP contribution is 2.27. The van der Waals surface area contributed by atoms with E-state index >= 15 is 0 Å². The third kappa shape index (κ3) is 2.95. The molecule has 82 valence electrons. The highest BCUT2D eigenvalue weighted by molar-refractivity contribution is 9.10. The molecule has 6 heteroatoms.